The second-order valence-corrected chi connectivity index (χ2v) is 8.64. The Bertz CT molecular complexity index is 1080. The van der Waals surface area contributed by atoms with Crippen LogP contribution in [0.15, 0.2) is 18.9 Å². The fourth-order valence-electron chi connectivity index (χ4n) is 4.34. The maximum Gasteiger partial charge on any atom is 0.167 e. The average molecular weight is 428 g/mol. The van der Waals surface area contributed by atoms with Gasteiger partial charge in [-0.1, -0.05) is 12.1 Å². The topological polar surface area (TPSA) is 128 Å². The van der Waals surface area contributed by atoms with E-state index in [4.69, 9.17) is 19.9 Å². The third-order valence-corrected chi connectivity index (χ3v) is 6.04. The molecule has 2 saturated heterocycles. The van der Waals surface area contributed by atoms with Gasteiger partial charge in [0.25, 0.3) is 0 Å². The average Bonchev–Trinajstić information content (AvgIpc) is 3.49. The van der Waals surface area contributed by atoms with Gasteiger partial charge < -0.3 is 19.9 Å². The van der Waals surface area contributed by atoms with E-state index in [1.165, 1.54) is 6.33 Å². The molecule has 2 fully saturated rings. The number of nitrogens with zero attached hydrogens (tertiary/aromatic N) is 7. The number of aryl methyl sites for hydroxylation is 1. The maximum absolute atomic E-state index is 6.47. The van der Waals surface area contributed by atoms with Gasteiger partial charge in [-0.3, -0.25) is 4.57 Å². The van der Waals surface area contributed by atoms with Crippen molar-refractivity contribution in [3.05, 3.63) is 24.5 Å². The van der Waals surface area contributed by atoms with Crippen LogP contribution in [-0.4, -0.2) is 58.6 Å². The fourth-order valence-corrected chi connectivity index (χ4v) is 4.34. The summed E-state index contributed by atoms with van der Waals surface area (Å²) in [6.45, 7) is 8.22. The highest BCUT2D eigenvalue weighted by Gasteiger charge is 2.56. The molecule has 0 radical (unpaired) electrons. The van der Waals surface area contributed by atoms with Gasteiger partial charge in [0.05, 0.1) is 18.1 Å². The van der Waals surface area contributed by atoms with Gasteiger partial charge in [0.15, 0.2) is 23.5 Å². The molecule has 11 nitrogen and oxygen atoms in total. The summed E-state index contributed by atoms with van der Waals surface area (Å²) in [5, 5.41) is 8.45. The van der Waals surface area contributed by atoms with E-state index in [0.717, 1.165) is 12.1 Å². The lowest BCUT2D eigenvalue weighted by Gasteiger charge is -2.27. The van der Waals surface area contributed by atoms with Gasteiger partial charge in [0.2, 0.25) is 0 Å². The van der Waals surface area contributed by atoms with E-state index in [-0.39, 0.29) is 24.4 Å². The van der Waals surface area contributed by atoms with Crippen molar-refractivity contribution in [1.29, 1.82) is 0 Å². The van der Waals surface area contributed by atoms with E-state index in [1.54, 1.807) is 6.33 Å². The predicted molar refractivity (Wildman–Crippen MR) is 111 cm³/mol. The van der Waals surface area contributed by atoms with Gasteiger partial charge in [0, 0.05) is 18.7 Å². The fraction of sp³-hybridized carbons (Fsp3) is 0.650. The van der Waals surface area contributed by atoms with Crippen molar-refractivity contribution in [2.45, 2.75) is 83.3 Å². The Morgan fingerprint density at radius 2 is 2.00 bits per heavy atom. The summed E-state index contributed by atoms with van der Waals surface area (Å²) in [5.74, 6) is -0.398. The van der Waals surface area contributed by atoms with Crippen LogP contribution < -0.4 is 5.73 Å². The highest BCUT2D eigenvalue weighted by molar-refractivity contribution is 5.81. The summed E-state index contributed by atoms with van der Waals surface area (Å²) in [4.78, 5) is 12.7. The van der Waals surface area contributed by atoms with E-state index in [9.17, 15) is 0 Å². The first-order chi connectivity index (χ1) is 14.9. The third kappa shape index (κ3) is 3.46. The zero-order valence-corrected chi connectivity index (χ0v) is 18.2. The van der Waals surface area contributed by atoms with Crippen LogP contribution in [0.5, 0.6) is 0 Å². The molecule has 0 saturated carbocycles. The standard InChI is InChI=1S/C20H28N8O3/c1-5-13-15-16(19(29-13)27-10-24-14-17(21)22-9-23-18(14)27)31-20(4,30-15)7-6-12-8-28(11(2)3)26-25-12/h8-11,13,15-16,19H,5-7H2,1-4H3,(H2,21,22,23). The molecule has 11 heteroatoms. The Kier molecular flexibility index (Phi) is 4.91. The van der Waals surface area contributed by atoms with Crippen LogP contribution in [0.3, 0.4) is 0 Å². The monoisotopic (exact) mass is 428 g/mol. The van der Waals surface area contributed by atoms with E-state index < -0.39 is 12.0 Å². The Balaban J connectivity index is 1.36. The van der Waals surface area contributed by atoms with E-state index in [1.807, 2.05) is 22.4 Å². The maximum atomic E-state index is 6.47. The Hall–Kier alpha value is -2.63. The molecule has 5 atom stereocenters. The van der Waals surface area contributed by atoms with Crippen molar-refractivity contribution in [3.63, 3.8) is 0 Å². The Morgan fingerprint density at radius 1 is 1.19 bits per heavy atom. The number of anilines is 1. The molecule has 31 heavy (non-hydrogen) atoms. The minimum atomic E-state index is -0.739. The molecule has 5 heterocycles. The van der Waals surface area contributed by atoms with Crippen molar-refractivity contribution in [3.8, 4) is 0 Å². The quantitative estimate of drug-likeness (QED) is 0.627. The highest BCUT2D eigenvalue weighted by Crippen LogP contribution is 2.46. The number of nitrogen functional groups attached to an aromatic ring is 1. The number of ether oxygens (including phenoxy) is 3. The van der Waals surface area contributed by atoms with Crippen LogP contribution in [-0.2, 0) is 20.6 Å². The van der Waals surface area contributed by atoms with Crippen molar-refractivity contribution in [2.75, 3.05) is 5.73 Å². The van der Waals surface area contributed by atoms with Gasteiger partial charge in [0.1, 0.15) is 24.1 Å². The second-order valence-electron chi connectivity index (χ2n) is 8.64. The molecule has 0 spiro atoms. The smallest absolute Gasteiger partial charge is 0.167 e. The zero-order valence-electron chi connectivity index (χ0n) is 18.2. The van der Waals surface area contributed by atoms with Crippen LogP contribution >= 0.6 is 0 Å². The minimum absolute atomic E-state index is 0.0877. The Morgan fingerprint density at radius 3 is 2.74 bits per heavy atom. The summed E-state index contributed by atoms with van der Waals surface area (Å²) >= 11 is 0. The molecule has 0 amide bonds. The van der Waals surface area contributed by atoms with Crippen LogP contribution in [0.25, 0.3) is 11.2 Å². The van der Waals surface area contributed by atoms with E-state index >= 15 is 0 Å². The lowest BCUT2D eigenvalue weighted by molar-refractivity contribution is -0.209. The molecule has 2 N–H and O–H groups in total. The van der Waals surface area contributed by atoms with Crippen molar-refractivity contribution < 1.29 is 14.2 Å². The lowest BCUT2D eigenvalue weighted by atomic mass is 10.1. The largest absolute Gasteiger partial charge is 0.382 e. The van der Waals surface area contributed by atoms with Crippen LogP contribution in [0.1, 0.15) is 58.5 Å². The number of hydrogen-bond acceptors (Lipinski definition) is 9. The summed E-state index contributed by atoms with van der Waals surface area (Å²) in [5.41, 5.74) is 8.05. The Labute approximate surface area is 179 Å². The first-order valence-corrected chi connectivity index (χ1v) is 10.7. The number of nitrogens with two attached hydrogens (primary N) is 1. The summed E-state index contributed by atoms with van der Waals surface area (Å²) in [6, 6.07) is 0.279. The predicted octanol–water partition coefficient (Wildman–Crippen LogP) is 2.02. The molecule has 2 aliphatic heterocycles. The van der Waals surface area contributed by atoms with Crippen LogP contribution in [0, 0.1) is 0 Å². The minimum Gasteiger partial charge on any atom is -0.382 e. The second kappa shape index (κ2) is 7.50. The molecule has 0 aromatic carbocycles. The number of aromatic nitrogens is 7. The van der Waals surface area contributed by atoms with Gasteiger partial charge in [-0.25, -0.2) is 19.6 Å². The SMILES string of the molecule is CCC1OC(n2cnc3c(N)ncnc32)C2OC(C)(CCc3cn(C(C)C)nn3)OC12. The van der Waals surface area contributed by atoms with Gasteiger partial charge in [-0.2, -0.15) is 0 Å². The molecular weight excluding hydrogens is 400 g/mol. The number of imidazole rings is 1. The van der Waals surface area contributed by atoms with E-state index in [2.05, 4.69) is 46.0 Å². The molecule has 0 bridgehead atoms. The van der Waals surface area contributed by atoms with Crippen molar-refractivity contribution in [1.82, 2.24) is 34.5 Å². The first kappa shape index (κ1) is 20.3. The third-order valence-electron chi connectivity index (χ3n) is 6.04. The molecule has 5 rings (SSSR count). The summed E-state index contributed by atoms with van der Waals surface area (Å²) < 4.78 is 22.9. The van der Waals surface area contributed by atoms with Gasteiger partial charge in [-0.05, 0) is 33.6 Å². The van der Waals surface area contributed by atoms with Crippen LogP contribution in [0.2, 0.25) is 0 Å². The molecule has 3 aromatic heterocycles. The first-order valence-electron chi connectivity index (χ1n) is 10.7. The number of hydrogen-bond donors (Lipinski definition) is 1. The van der Waals surface area contributed by atoms with E-state index in [0.29, 0.717) is 29.8 Å². The normalized spacial score (nSPS) is 30.5. The summed E-state index contributed by atoms with van der Waals surface area (Å²) in [7, 11) is 0. The molecule has 0 aliphatic carbocycles. The molecule has 166 valence electrons. The summed E-state index contributed by atoms with van der Waals surface area (Å²) in [6.07, 6.45) is 6.32. The molecule has 3 aromatic rings. The highest BCUT2D eigenvalue weighted by atomic mass is 16.8. The zero-order chi connectivity index (χ0) is 21.8. The van der Waals surface area contributed by atoms with Gasteiger partial charge in [-0.15, -0.1) is 5.10 Å². The number of rotatable bonds is 6. The molecule has 5 unspecified atom stereocenters. The molecule has 2 aliphatic rings. The van der Waals surface area contributed by atoms with Crippen LogP contribution in [0.4, 0.5) is 5.82 Å². The van der Waals surface area contributed by atoms with Gasteiger partial charge >= 0.3 is 0 Å². The van der Waals surface area contributed by atoms with Crippen molar-refractivity contribution >= 4 is 17.0 Å². The van der Waals surface area contributed by atoms with Crippen molar-refractivity contribution in [2.24, 2.45) is 0 Å². The molecular formula is C20H28N8O3. The lowest BCUT2D eigenvalue weighted by Crippen LogP contribution is -2.32. The number of fused-ring (bicyclic) bond motifs is 2.